The predicted octanol–water partition coefficient (Wildman–Crippen LogP) is 4.88. The number of nitrogens with zero attached hydrogens (tertiary/aromatic N) is 4. The first-order valence-corrected chi connectivity index (χ1v) is 11.4. The van der Waals surface area contributed by atoms with E-state index in [1.165, 1.54) is 24.2 Å². The van der Waals surface area contributed by atoms with E-state index < -0.39 is 0 Å². The molecule has 33 heavy (non-hydrogen) atoms. The van der Waals surface area contributed by atoms with Gasteiger partial charge >= 0.3 is 0 Å². The average Bonchev–Trinajstić information content (AvgIpc) is 3.24. The van der Waals surface area contributed by atoms with E-state index in [4.69, 9.17) is 0 Å². The third-order valence-electron chi connectivity index (χ3n) is 5.21. The van der Waals surface area contributed by atoms with Crippen LogP contribution in [-0.2, 0) is 4.79 Å². The van der Waals surface area contributed by atoms with Crippen LogP contribution in [-0.4, -0.2) is 37.2 Å². The zero-order valence-corrected chi connectivity index (χ0v) is 19.4. The Bertz CT molecular complexity index is 1320. The molecule has 0 spiro atoms. The highest BCUT2D eigenvalue weighted by Gasteiger charge is 2.18. The van der Waals surface area contributed by atoms with Gasteiger partial charge in [0.2, 0.25) is 5.91 Å². The van der Waals surface area contributed by atoms with E-state index in [-0.39, 0.29) is 17.4 Å². The second kappa shape index (κ2) is 9.79. The molecule has 8 heteroatoms. The summed E-state index contributed by atoms with van der Waals surface area (Å²) in [6.45, 7) is 5.62. The highest BCUT2D eigenvalue weighted by atomic mass is 32.2. The van der Waals surface area contributed by atoms with Crippen LogP contribution in [0.4, 0.5) is 5.69 Å². The second-order valence-corrected chi connectivity index (χ2v) is 8.56. The Hall–Kier alpha value is -3.78. The molecule has 0 atom stereocenters. The number of nitrogens with one attached hydrogen (secondary N) is 1. The fourth-order valence-electron chi connectivity index (χ4n) is 3.29. The molecule has 2 aromatic heterocycles. The van der Waals surface area contributed by atoms with Crippen LogP contribution in [0.5, 0.6) is 0 Å². The van der Waals surface area contributed by atoms with E-state index in [1.807, 2.05) is 22.8 Å². The zero-order valence-electron chi connectivity index (χ0n) is 18.6. The van der Waals surface area contributed by atoms with Gasteiger partial charge in [-0.15, -0.1) is 10.2 Å². The van der Waals surface area contributed by atoms with Crippen LogP contribution in [0.3, 0.4) is 0 Å². The topological polar surface area (TPSA) is 89.8 Å². The van der Waals surface area contributed by atoms with Crippen molar-refractivity contribution in [2.24, 2.45) is 0 Å². The number of benzene rings is 2. The normalized spacial score (nSPS) is 10.8. The first kappa shape index (κ1) is 22.4. The van der Waals surface area contributed by atoms with E-state index in [0.29, 0.717) is 22.2 Å². The summed E-state index contributed by atoms with van der Waals surface area (Å²) in [5.74, 6) is 0.577. The number of Topliss-reactive ketones (excluding diaryl/α,β-unsaturated/α-hetero) is 1. The molecule has 0 aliphatic carbocycles. The molecule has 4 aromatic rings. The largest absolute Gasteiger partial charge is 0.325 e. The van der Waals surface area contributed by atoms with Gasteiger partial charge in [0.15, 0.2) is 16.8 Å². The van der Waals surface area contributed by atoms with Crippen LogP contribution in [0, 0.1) is 13.8 Å². The van der Waals surface area contributed by atoms with Crippen molar-refractivity contribution < 1.29 is 9.59 Å². The van der Waals surface area contributed by atoms with Gasteiger partial charge in [-0.25, -0.2) is 0 Å². The van der Waals surface area contributed by atoms with Crippen LogP contribution in [0.15, 0.2) is 72.1 Å². The Labute approximate surface area is 196 Å². The minimum atomic E-state index is -0.194. The van der Waals surface area contributed by atoms with Crippen molar-refractivity contribution in [3.05, 3.63) is 83.7 Å². The third kappa shape index (κ3) is 5.18. The number of hydrogen-bond acceptors (Lipinski definition) is 6. The molecule has 2 heterocycles. The zero-order chi connectivity index (χ0) is 23.4. The van der Waals surface area contributed by atoms with Gasteiger partial charge in [0.1, 0.15) is 0 Å². The van der Waals surface area contributed by atoms with E-state index in [1.54, 1.807) is 36.7 Å². The number of thioether (sulfide) groups is 1. The average molecular weight is 458 g/mol. The SMILES string of the molecule is CC(=O)c1cccc(NC(=O)CSc2nnc(-c3ccncc3)n2-c2ccc(C)c(C)c2)c1. The van der Waals surface area contributed by atoms with Crippen molar-refractivity contribution in [2.75, 3.05) is 11.1 Å². The van der Waals surface area contributed by atoms with Crippen molar-refractivity contribution in [1.82, 2.24) is 19.7 Å². The summed E-state index contributed by atoms with van der Waals surface area (Å²) in [6, 6.07) is 16.8. The van der Waals surface area contributed by atoms with Crippen molar-refractivity contribution in [3.8, 4) is 17.1 Å². The molecule has 0 saturated heterocycles. The number of aryl methyl sites for hydroxylation is 2. The second-order valence-electron chi connectivity index (χ2n) is 7.62. The van der Waals surface area contributed by atoms with E-state index in [0.717, 1.165) is 16.8 Å². The summed E-state index contributed by atoms with van der Waals surface area (Å²) >= 11 is 1.30. The van der Waals surface area contributed by atoms with Crippen molar-refractivity contribution >= 4 is 29.1 Å². The van der Waals surface area contributed by atoms with E-state index in [2.05, 4.69) is 46.5 Å². The van der Waals surface area contributed by atoms with Gasteiger partial charge in [-0.2, -0.15) is 0 Å². The van der Waals surface area contributed by atoms with Crippen LogP contribution in [0.1, 0.15) is 28.4 Å². The fourth-order valence-corrected chi connectivity index (χ4v) is 4.04. The lowest BCUT2D eigenvalue weighted by Crippen LogP contribution is -2.15. The molecule has 4 rings (SSSR count). The molecule has 2 aromatic carbocycles. The summed E-state index contributed by atoms with van der Waals surface area (Å²) in [6.07, 6.45) is 3.42. The summed E-state index contributed by atoms with van der Waals surface area (Å²) in [4.78, 5) is 28.3. The molecular formula is C25H23N5O2S. The van der Waals surface area contributed by atoms with Crippen LogP contribution in [0.2, 0.25) is 0 Å². The number of carbonyl (C=O) groups excluding carboxylic acids is 2. The maximum atomic E-state index is 12.6. The maximum Gasteiger partial charge on any atom is 0.234 e. The minimum absolute atomic E-state index is 0.0504. The standard InChI is InChI=1S/C25H23N5O2S/c1-16-7-8-22(13-17(16)2)30-24(19-9-11-26-12-10-19)28-29-25(30)33-15-23(32)27-21-6-4-5-20(14-21)18(3)31/h4-14H,15H2,1-3H3,(H,27,32). The van der Waals surface area contributed by atoms with Crippen molar-refractivity contribution in [2.45, 2.75) is 25.9 Å². The number of amides is 1. The van der Waals surface area contributed by atoms with Crippen molar-refractivity contribution in [3.63, 3.8) is 0 Å². The first-order chi connectivity index (χ1) is 15.9. The van der Waals surface area contributed by atoms with Gasteiger partial charge in [0.05, 0.1) is 11.4 Å². The molecule has 1 N–H and O–H groups in total. The Balaban J connectivity index is 1.59. The molecular weight excluding hydrogens is 434 g/mol. The predicted molar refractivity (Wildman–Crippen MR) is 130 cm³/mol. The van der Waals surface area contributed by atoms with E-state index in [9.17, 15) is 9.59 Å². The molecule has 0 aliphatic rings. The number of anilines is 1. The van der Waals surface area contributed by atoms with Gasteiger partial charge in [-0.3, -0.25) is 19.1 Å². The van der Waals surface area contributed by atoms with Gasteiger partial charge in [0.25, 0.3) is 0 Å². The lowest BCUT2D eigenvalue weighted by atomic mass is 10.1. The first-order valence-electron chi connectivity index (χ1n) is 10.4. The number of hydrogen-bond donors (Lipinski definition) is 1. The minimum Gasteiger partial charge on any atom is -0.325 e. The lowest BCUT2D eigenvalue weighted by Gasteiger charge is -2.12. The number of rotatable bonds is 7. The Morgan fingerprint density at radius 3 is 2.48 bits per heavy atom. The monoisotopic (exact) mass is 457 g/mol. The fraction of sp³-hybridized carbons (Fsp3) is 0.160. The number of aromatic nitrogens is 4. The van der Waals surface area contributed by atoms with Gasteiger partial charge in [0, 0.05) is 29.2 Å². The quantitative estimate of drug-likeness (QED) is 0.314. The molecule has 0 fully saturated rings. The molecule has 1 amide bonds. The molecule has 0 bridgehead atoms. The third-order valence-corrected chi connectivity index (χ3v) is 6.13. The number of ketones is 1. The molecule has 7 nitrogen and oxygen atoms in total. The Kier molecular flexibility index (Phi) is 6.65. The van der Waals surface area contributed by atoms with Crippen molar-refractivity contribution in [1.29, 1.82) is 0 Å². The molecule has 0 radical (unpaired) electrons. The highest BCUT2D eigenvalue weighted by Crippen LogP contribution is 2.28. The van der Waals surface area contributed by atoms with Crippen LogP contribution >= 0.6 is 11.8 Å². The molecule has 0 unspecified atom stereocenters. The number of carbonyl (C=O) groups is 2. The van der Waals surface area contributed by atoms with E-state index >= 15 is 0 Å². The number of pyridine rings is 1. The maximum absolute atomic E-state index is 12.6. The Morgan fingerprint density at radius 1 is 0.970 bits per heavy atom. The molecule has 166 valence electrons. The highest BCUT2D eigenvalue weighted by molar-refractivity contribution is 7.99. The Morgan fingerprint density at radius 2 is 1.76 bits per heavy atom. The van der Waals surface area contributed by atoms with Gasteiger partial charge in [-0.1, -0.05) is 30.0 Å². The summed E-state index contributed by atoms with van der Waals surface area (Å²) in [5.41, 5.74) is 5.29. The van der Waals surface area contributed by atoms with Gasteiger partial charge < -0.3 is 5.32 Å². The summed E-state index contributed by atoms with van der Waals surface area (Å²) < 4.78 is 1.95. The lowest BCUT2D eigenvalue weighted by molar-refractivity contribution is -0.113. The van der Waals surface area contributed by atoms with Gasteiger partial charge in [-0.05, 0) is 68.3 Å². The smallest absolute Gasteiger partial charge is 0.234 e. The van der Waals surface area contributed by atoms with Crippen LogP contribution in [0.25, 0.3) is 17.1 Å². The summed E-state index contributed by atoms with van der Waals surface area (Å²) in [5, 5.41) is 12.2. The molecule has 0 saturated carbocycles. The summed E-state index contributed by atoms with van der Waals surface area (Å²) in [7, 11) is 0. The molecule has 0 aliphatic heterocycles. The van der Waals surface area contributed by atoms with Crippen LogP contribution < -0.4 is 5.32 Å².